The summed E-state index contributed by atoms with van der Waals surface area (Å²) < 4.78 is 18.2. The van der Waals surface area contributed by atoms with Crippen LogP contribution in [0.2, 0.25) is 0 Å². The van der Waals surface area contributed by atoms with Crippen LogP contribution in [-0.4, -0.2) is 16.9 Å². The van der Waals surface area contributed by atoms with Gasteiger partial charge in [-0.05, 0) is 28.9 Å². The number of carbonyl (C=O) groups is 1. The molecule has 0 aliphatic carbocycles. The van der Waals surface area contributed by atoms with Crippen LogP contribution in [0.4, 0.5) is 10.1 Å². The first-order chi connectivity index (χ1) is 8.36. The fourth-order valence-corrected chi connectivity index (χ4v) is 1.66. The first kappa shape index (κ1) is 14.3. The Morgan fingerprint density at radius 2 is 2.28 bits per heavy atom. The van der Waals surface area contributed by atoms with Gasteiger partial charge in [-0.1, -0.05) is 0 Å². The summed E-state index contributed by atoms with van der Waals surface area (Å²) >= 11 is 2.93. The molecule has 3 N–H and O–H groups in total. The summed E-state index contributed by atoms with van der Waals surface area (Å²) in [6.07, 6.45) is -1.06. The van der Waals surface area contributed by atoms with Crippen LogP contribution in [0.25, 0.3) is 0 Å². The predicted molar refractivity (Wildman–Crippen MR) is 63.2 cm³/mol. The molecule has 0 radical (unpaired) electrons. The Kier molecular flexibility index (Phi) is 4.56. The van der Waals surface area contributed by atoms with E-state index in [1.54, 1.807) is 0 Å². The van der Waals surface area contributed by atoms with E-state index < -0.39 is 28.4 Å². The van der Waals surface area contributed by atoms with Crippen molar-refractivity contribution in [3.8, 4) is 5.75 Å². The van der Waals surface area contributed by atoms with Gasteiger partial charge < -0.3 is 4.74 Å². The first-order valence-electron chi connectivity index (χ1n) is 4.67. The number of nitrogens with two attached hydrogens (primary N) is 1. The van der Waals surface area contributed by atoms with Crippen molar-refractivity contribution in [2.75, 3.05) is 0 Å². The van der Waals surface area contributed by atoms with Crippen molar-refractivity contribution in [1.82, 2.24) is 5.43 Å². The van der Waals surface area contributed by atoms with Crippen LogP contribution in [0.3, 0.4) is 0 Å². The van der Waals surface area contributed by atoms with Gasteiger partial charge in [0.25, 0.3) is 5.91 Å². The van der Waals surface area contributed by atoms with Crippen molar-refractivity contribution in [1.29, 1.82) is 0 Å². The lowest BCUT2D eigenvalue weighted by molar-refractivity contribution is -0.386. The molecule has 0 aliphatic heterocycles. The van der Waals surface area contributed by atoms with Gasteiger partial charge in [0.1, 0.15) is 5.82 Å². The van der Waals surface area contributed by atoms with E-state index in [0.717, 1.165) is 6.07 Å². The van der Waals surface area contributed by atoms with Crippen molar-refractivity contribution in [3.63, 3.8) is 0 Å². The lowest BCUT2D eigenvalue weighted by atomic mass is 10.3. The van der Waals surface area contributed by atoms with E-state index in [9.17, 15) is 19.3 Å². The molecule has 98 valence electrons. The van der Waals surface area contributed by atoms with Crippen LogP contribution in [0.15, 0.2) is 16.6 Å². The Bertz CT molecular complexity index is 497. The number of nitro groups is 1. The van der Waals surface area contributed by atoms with Crippen LogP contribution < -0.4 is 16.0 Å². The van der Waals surface area contributed by atoms with Gasteiger partial charge in [-0.15, -0.1) is 0 Å². The van der Waals surface area contributed by atoms with E-state index in [-0.39, 0.29) is 10.2 Å². The maximum Gasteiger partial charge on any atom is 0.315 e. The Hall–Kier alpha value is -1.74. The van der Waals surface area contributed by atoms with Crippen LogP contribution in [0.1, 0.15) is 6.92 Å². The number of ether oxygens (including phenoxy) is 1. The molecule has 0 aliphatic rings. The molecule has 0 heterocycles. The molecule has 1 atom stereocenters. The number of benzene rings is 1. The average molecular weight is 322 g/mol. The topological polar surface area (TPSA) is 107 Å². The zero-order valence-electron chi connectivity index (χ0n) is 9.15. The average Bonchev–Trinajstić information content (AvgIpc) is 2.30. The Balaban J connectivity index is 3.15. The summed E-state index contributed by atoms with van der Waals surface area (Å²) in [5, 5.41) is 10.8. The largest absolute Gasteiger partial charge is 0.473 e. The molecule has 1 aromatic rings. The summed E-state index contributed by atoms with van der Waals surface area (Å²) in [5.41, 5.74) is 1.26. The zero-order valence-corrected chi connectivity index (χ0v) is 10.7. The number of amides is 1. The Morgan fingerprint density at radius 3 is 2.78 bits per heavy atom. The van der Waals surface area contributed by atoms with E-state index in [0.29, 0.717) is 6.07 Å². The highest BCUT2D eigenvalue weighted by Gasteiger charge is 2.24. The molecule has 9 heteroatoms. The number of carbonyl (C=O) groups excluding carboxylic acids is 1. The SMILES string of the molecule is CC(Oc1c(Br)cc(F)cc1[N+](=O)[O-])C(=O)NN. The third-order valence-electron chi connectivity index (χ3n) is 1.99. The summed E-state index contributed by atoms with van der Waals surface area (Å²) in [5.74, 6) is 3.20. The number of rotatable bonds is 4. The summed E-state index contributed by atoms with van der Waals surface area (Å²) in [6, 6.07) is 1.70. The lowest BCUT2D eigenvalue weighted by Gasteiger charge is -2.14. The fraction of sp³-hybridized carbons (Fsp3) is 0.222. The Labute approximate surface area is 109 Å². The number of hydrogen-bond acceptors (Lipinski definition) is 5. The van der Waals surface area contributed by atoms with Crippen molar-refractivity contribution < 1.29 is 18.8 Å². The number of hydrogen-bond donors (Lipinski definition) is 2. The smallest absolute Gasteiger partial charge is 0.315 e. The van der Waals surface area contributed by atoms with Crippen LogP contribution >= 0.6 is 15.9 Å². The highest BCUT2D eigenvalue weighted by atomic mass is 79.9. The van der Waals surface area contributed by atoms with Crippen LogP contribution in [0, 0.1) is 15.9 Å². The lowest BCUT2D eigenvalue weighted by Crippen LogP contribution is -2.40. The number of halogens is 2. The van der Waals surface area contributed by atoms with Crippen LogP contribution in [0.5, 0.6) is 5.75 Å². The molecule has 0 saturated heterocycles. The summed E-state index contributed by atoms with van der Waals surface area (Å²) in [6.45, 7) is 1.35. The molecule has 7 nitrogen and oxygen atoms in total. The highest BCUT2D eigenvalue weighted by molar-refractivity contribution is 9.10. The standard InChI is InChI=1S/C9H9BrFN3O4/c1-4(9(15)13-12)18-8-6(10)2-5(11)3-7(8)14(16)17/h2-4H,12H2,1H3,(H,13,15). The molecule has 18 heavy (non-hydrogen) atoms. The second kappa shape index (κ2) is 5.74. The third kappa shape index (κ3) is 3.14. The maximum absolute atomic E-state index is 13.0. The van der Waals surface area contributed by atoms with Crippen molar-refractivity contribution in [2.24, 2.45) is 5.84 Å². The molecule has 1 aromatic carbocycles. The fourth-order valence-electron chi connectivity index (χ4n) is 1.15. The van der Waals surface area contributed by atoms with Crippen molar-refractivity contribution in [2.45, 2.75) is 13.0 Å². The molecular formula is C9H9BrFN3O4. The molecule has 1 unspecified atom stereocenters. The molecule has 0 saturated carbocycles. The minimum absolute atomic E-state index is 0.0332. The zero-order chi connectivity index (χ0) is 13.9. The minimum Gasteiger partial charge on any atom is -0.473 e. The number of nitrogens with one attached hydrogen (secondary N) is 1. The van der Waals surface area contributed by atoms with Crippen molar-refractivity contribution in [3.05, 3.63) is 32.5 Å². The van der Waals surface area contributed by atoms with Gasteiger partial charge in [-0.2, -0.15) is 0 Å². The molecule has 1 rings (SSSR count). The second-order valence-electron chi connectivity index (χ2n) is 3.26. The summed E-state index contributed by atoms with van der Waals surface area (Å²) in [7, 11) is 0. The monoisotopic (exact) mass is 321 g/mol. The van der Waals surface area contributed by atoms with Crippen LogP contribution in [-0.2, 0) is 4.79 Å². The second-order valence-corrected chi connectivity index (χ2v) is 4.12. The van der Waals surface area contributed by atoms with E-state index in [2.05, 4.69) is 15.9 Å². The Morgan fingerprint density at radius 1 is 1.67 bits per heavy atom. The number of nitro benzene ring substituents is 1. The van der Waals surface area contributed by atoms with Crippen molar-refractivity contribution >= 4 is 27.5 Å². The van der Waals surface area contributed by atoms with E-state index in [1.165, 1.54) is 6.92 Å². The van der Waals surface area contributed by atoms with Gasteiger partial charge in [-0.25, -0.2) is 10.2 Å². The summed E-state index contributed by atoms with van der Waals surface area (Å²) in [4.78, 5) is 21.1. The first-order valence-corrected chi connectivity index (χ1v) is 5.46. The predicted octanol–water partition coefficient (Wildman–Crippen LogP) is 1.25. The molecule has 0 fully saturated rings. The molecule has 0 bridgehead atoms. The molecule has 0 aromatic heterocycles. The quantitative estimate of drug-likeness (QED) is 0.375. The highest BCUT2D eigenvalue weighted by Crippen LogP contribution is 2.36. The molecule has 0 spiro atoms. The maximum atomic E-state index is 13.0. The van der Waals surface area contributed by atoms with Gasteiger partial charge in [0, 0.05) is 0 Å². The van der Waals surface area contributed by atoms with E-state index in [1.807, 2.05) is 5.43 Å². The molecule has 1 amide bonds. The van der Waals surface area contributed by atoms with Gasteiger partial charge in [0.15, 0.2) is 6.10 Å². The third-order valence-corrected chi connectivity index (χ3v) is 2.58. The van der Waals surface area contributed by atoms with Gasteiger partial charge in [0.2, 0.25) is 5.75 Å². The van der Waals surface area contributed by atoms with Gasteiger partial charge in [0.05, 0.1) is 15.5 Å². The number of nitrogens with zero attached hydrogens (tertiary/aromatic N) is 1. The van der Waals surface area contributed by atoms with Gasteiger partial charge in [-0.3, -0.25) is 20.3 Å². The van der Waals surface area contributed by atoms with E-state index >= 15 is 0 Å². The number of hydrazine groups is 1. The van der Waals surface area contributed by atoms with Gasteiger partial charge >= 0.3 is 5.69 Å². The minimum atomic E-state index is -1.06. The van der Waals surface area contributed by atoms with E-state index in [4.69, 9.17) is 10.6 Å². The molecular weight excluding hydrogens is 313 g/mol. The normalized spacial score (nSPS) is 11.8.